The summed E-state index contributed by atoms with van der Waals surface area (Å²) in [6.07, 6.45) is 2.51. The van der Waals surface area contributed by atoms with E-state index < -0.39 is 5.54 Å². The predicted molar refractivity (Wildman–Crippen MR) is 70.8 cm³/mol. The van der Waals surface area contributed by atoms with Crippen molar-refractivity contribution in [3.05, 3.63) is 0 Å². The van der Waals surface area contributed by atoms with Gasteiger partial charge in [0.25, 0.3) is 0 Å². The molecule has 1 heterocycles. The first-order chi connectivity index (χ1) is 7.99. The van der Waals surface area contributed by atoms with Gasteiger partial charge in [-0.1, -0.05) is 0 Å². The molecule has 0 aromatic heterocycles. The number of hydrogen-bond donors (Lipinski definition) is 1. The van der Waals surface area contributed by atoms with E-state index in [4.69, 9.17) is 5.26 Å². The highest BCUT2D eigenvalue weighted by molar-refractivity contribution is 5.05. The Morgan fingerprint density at radius 3 is 2.41 bits per heavy atom. The van der Waals surface area contributed by atoms with Crippen LogP contribution in [0.3, 0.4) is 0 Å². The normalized spacial score (nSPS) is 22.4. The van der Waals surface area contributed by atoms with Gasteiger partial charge in [0.1, 0.15) is 5.54 Å². The van der Waals surface area contributed by atoms with Crippen LogP contribution in [0, 0.1) is 17.2 Å². The van der Waals surface area contributed by atoms with E-state index in [1.54, 1.807) is 0 Å². The largest absolute Gasteiger partial charge is 0.309 e. The summed E-state index contributed by atoms with van der Waals surface area (Å²) in [7, 11) is 6.14. The Bertz CT molecular complexity index is 263. The molecule has 4 heteroatoms. The van der Waals surface area contributed by atoms with Crippen LogP contribution in [-0.4, -0.2) is 62.7 Å². The molecule has 1 aliphatic heterocycles. The molecule has 1 atom stereocenters. The molecule has 0 bridgehead atoms. The van der Waals surface area contributed by atoms with Crippen LogP contribution in [0.4, 0.5) is 0 Å². The second kappa shape index (κ2) is 6.34. The molecule has 1 N–H and O–H groups in total. The van der Waals surface area contributed by atoms with Crippen LogP contribution in [-0.2, 0) is 0 Å². The second-order valence-electron chi connectivity index (χ2n) is 5.68. The number of rotatable bonds is 5. The van der Waals surface area contributed by atoms with Crippen LogP contribution in [0.25, 0.3) is 0 Å². The Balaban J connectivity index is 2.35. The maximum Gasteiger partial charge on any atom is 0.116 e. The summed E-state index contributed by atoms with van der Waals surface area (Å²) in [5, 5.41) is 12.2. The molecular weight excluding hydrogens is 212 g/mol. The SMILES string of the molecule is CNC(C)(C#N)CN1CCC(CN(C)C)CC1. The number of likely N-dealkylation sites (tertiary alicyclic amines) is 1. The molecule has 1 aliphatic rings. The lowest BCUT2D eigenvalue weighted by molar-refractivity contribution is 0.142. The number of piperidine rings is 1. The summed E-state index contributed by atoms with van der Waals surface area (Å²) >= 11 is 0. The predicted octanol–water partition coefficient (Wildman–Crippen LogP) is 0.762. The van der Waals surface area contributed by atoms with Crippen LogP contribution in [0.5, 0.6) is 0 Å². The van der Waals surface area contributed by atoms with Crippen LogP contribution in [0.2, 0.25) is 0 Å². The first kappa shape index (κ1) is 14.4. The van der Waals surface area contributed by atoms with Crippen molar-refractivity contribution >= 4 is 0 Å². The third kappa shape index (κ3) is 4.63. The number of nitrogens with one attached hydrogen (secondary N) is 1. The van der Waals surface area contributed by atoms with Crippen LogP contribution >= 0.6 is 0 Å². The van der Waals surface area contributed by atoms with Crippen LogP contribution < -0.4 is 5.32 Å². The monoisotopic (exact) mass is 238 g/mol. The van der Waals surface area contributed by atoms with E-state index >= 15 is 0 Å². The van der Waals surface area contributed by atoms with Crippen LogP contribution in [0.1, 0.15) is 19.8 Å². The maximum absolute atomic E-state index is 9.14. The van der Waals surface area contributed by atoms with Gasteiger partial charge in [0.2, 0.25) is 0 Å². The van der Waals surface area contributed by atoms with E-state index in [0.29, 0.717) is 0 Å². The Kier molecular flexibility index (Phi) is 5.38. The highest BCUT2D eigenvalue weighted by Crippen LogP contribution is 2.19. The number of likely N-dealkylation sites (N-methyl/N-ethyl adjacent to an activating group) is 1. The van der Waals surface area contributed by atoms with Crippen molar-refractivity contribution < 1.29 is 0 Å². The quantitative estimate of drug-likeness (QED) is 0.768. The van der Waals surface area contributed by atoms with Gasteiger partial charge in [-0.3, -0.25) is 0 Å². The molecule has 0 amide bonds. The second-order valence-corrected chi connectivity index (χ2v) is 5.68. The fraction of sp³-hybridized carbons (Fsp3) is 0.923. The summed E-state index contributed by atoms with van der Waals surface area (Å²) in [5.41, 5.74) is -0.408. The summed E-state index contributed by atoms with van der Waals surface area (Å²) in [6, 6.07) is 2.36. The van der Waals surface area contributed by atoms with E-state index in [9.17, 15) is 0 Å². The van der Waals surface area contributed by atoms with Crippen molar-refractivity contribution in [2.24, 2.45) is 5.92 Å². The van der Waals surface area contributed by atoms with Gasteiger partial charge in [0, 0.05) is 13.1 Å². The lowest BCUT2D eigenvalue weighted by atomic mass is 9.94. The lowest BCUT2D eigenvalue weighted by Crippen LogP contribution is -2.51. The van der Waals surface area contributed by atoms with E-state index in [0.717, 1.165) is 25.6 Å². The minimum atomic E-state index is -0.408. The zero-order valence-electron chi connectivity index (χ0n) is 11.7. The minimum Gasteiger partial charge on any atom is -0.309 e. The Hall–Kier alpha value is -0.630. The van der Waals surface area contributed by atoms with Crippen LogP contribution in [0.15, 0.2) is 0 Å². The molecule has 0 aromatic carbocycles. The molecule has 4 nitrogen and oxygen atoms in total. The van der Waals surface area contributed by atoms with E-state index in [1.807, 2.05) is 14.0 Å². The van der Waals surface area contributed by atoms with Gasteiger partial charge in [-0.15, -0.1) is 0 Å². The highest BCUT2D eigenvalue weighted by Gasteiger charge is 2.27. The molecular formula is C13H26N4. The first-order valence-electron chi connectivity index (χ1n) is 6.46. The van der Waals surface area contributed by atoms with Crippen molar-refractivity contribution in [3.8, 4) is 6.07 Å². The Morgan fingerprint density at radius 1 is 1.41 bits per heavy atom. The topological polar surface area (TPSA) is 42.3 Å². The number of nitriles is 1. The van der Waals surface area contributed by atoms with Crippen molar-refractivity contribution in [3.63, 3.8) is 0 Å². The third-order valence-corrected chi connectivity index (χ3v) is 3.67. The van der Waals surface area contributed by atoms with Gasteiger partial charge in [0.05, 0.1) is 6.07 Å². The van der Waals surface area contributed by atoms with E-state index in [2.05, 4.69) is 35.3 Å². The molecule has 0 radical (unpaired) electrons. The standard InChI is InChI=1S/C13H26N4/c1-13(10-14,15-2)11-17-7-5-12(6-8-17)9-16(3)4/h12,15H,5-9,11H2,1-4H3. The smallest absolute Gasteiger partial charge is 0.116 e. The Labute approximate surface area is 106 Å². The summed E-state index contributed by atoms with van der Waals surface area (Å²) in [6.45, 7) is 6.23. The molecule has 1 saturated heterocycles. The molecule has 98 valence electrons. The molecule has 0 aliphatic carbocycles. The molecule has 17 heavy (non-hydrogen) atoms. The summed E-state index contributed by atoms with van der Waals surface area (Å²) < 4.78 is 0. The lowest BCUT2D eigenvalue weighted by Gasteiger charge is -2.36. The third-order valence-electron chi connectivity index (χ3n) is 3.67. The average molecular weight is 238 g/mol. The Morgan fingerprint density at radius 2 is 2.00 bits per heavy atom. The van der Waals surface area contributed by atoms with Gasteiger partial charge in [0.15, 0.2) is 0 Å². The van der Waals surface area contributed by atoms with Crippen molar-refractivity contribution in [1.29, 1.82) is 5.26 Å². The summed E-state index contributed by atoms with van der Waals surface area (Å²) in [4.78, 5) is 4.68. The van der Waals surface area contributed by atoms with Crippen molar-refractivity contribution in [2.45, 2.75) is 25.3 Å². The zero-order chi connectivity index (χ0) is 12.9. The van der Waals surface area contributed by atoms with Gasteiger partial charge >= 0.3 is 0 Å². The molecule has 1 rings (SSSR count). The van der Waals surface area contributed by atoms with Crippen molar-refractivity contribution in [1.82, 2.24) is 15.1 Å². The van der Waals surface area contributed by atoms with Gasteiger partial charge in [-0.05, 0) is 59.9 Å². The molecule has 0 spiro atoms. The molecule has 1 fully saturated rings. The molecule has 0 saturated carbocycles. The van der Waals surface area contributed by atoms with Crippen molar-refractivity contribution in [2.75, 3.05) is 47.3 Å². The van der Waals surface area contributed by atoms with Gasteiger partial charge in [-0.25, -0.2) is 0 Å². The fourth-order valence-electron chi connectivity index (χ4n) is 2.46. The van der Waals surface area contributed by atoms with E-state index in [-0.39, 0.29) is 0 Å². The maximum atomic E-state index is 9.14. The van der Waals surface area contributed by atoms with E-state index in [1.165, 1.54) is 19.4 Å². The molecule has 0 aromatic rings. The summed E-state index contributed by atoms with van der Waals surface area (Å²) in [5.74, 6) is 0.823. The highest BCUT2D eigenvalue weighted by atomic mass is 15.2. The number of hydrogen-bond acceptors (Lipinski definition) is 4. The molecule has 1 unspecified atom stereocenters. The minimum absolute atomic E-state index is 0.408. The first-order valence-corrected chi connectivity index (χ1v) is 6.46. The average Bonchev–Trinajstić information content (AvgIpc) is 2.31. The van der Waals surface area contributed by atoms with Gasteiger partial charge in [-0.2, -0.15) is 5.26 Å². The fourth-order valence-corrected chi connectivity index (χ4v) is 2.46. The van der Waals surface area contributed by atoms with Gasteiger partial charge < -0.3 is 15.1 Å². The number of nitrogens with zero attached hydrogens (tertiary/aromatic N) is 3. The zero-order valence-corrected chi connectivity index (χ0v) is 11.7.